The highest BCUT2D eigenvalue weighted by atomic mass is 16.7. The van der Waals surface area contributed by atoms with Crippen molar-refractivity contribution >= 4 is 11.9 Å². The van der Waals surface area contributed by atoms with Crippen LogP contribution in [0.4, 0.5) is 0 Å². The van der Waals surface area contributed by atoms with Gasteiger partial charge in [-0.25, -0.2) is 0 Å². The molecule has 1 amide bonds. The van der Waals surface area contributed by atoms with Crippen molar-refractivity contribution < 1.29 is 49.3 Å². The van der Waals surface area contributed by atoms with Crippen LogP contribution in [0.1, 0.15) is 252 Å². The molecule has 76 heavy (non-hydrogen) atoms. The van der Waals surface area contributed by atoms with Crippen LogP contribution in [-0.4, -0.2) is 99.6 Å². The molecular weight excluding hydrogens is 955 g/mol. The fraction of sp³-hybridized carbons (Fsp3) is 0.754. The number of amides is 1. The Morgan fingerprint density at radius 3 is 1.43 bits per heavy atom. The van der Waals surface area contributed by atoms with Crippen LogP contribution in [0.15, 0.2) is 85.1 Å². The third kappa shape index (κ3) is 40.1. The number of ether oxygens (including phenoxy) is 3. The molecule has 1 rings (SSSR count). The lowest BCUT2D eigenvalue weighted by Gasteiger charge is -2.41. The minimum absolute atomic E-state index is 0.0979. The maximum atomic E-state index is 13.4. The number of nitrogens with one attached hydrogen (secondary N) is 1. The zero-order valence-electron chi connectivity index (χ0n) is 48.3. The van der Waals surface area contributed by atoms with E-state index in [1.165, 1.54) is 103 Å². The lowest BCUT2D eigenvalue weighted by atomic mass is 9.99. The van der Waals surface area contributed by atoms with Gasteiger partial charge in [0.25, 0.3) is 0 Å². The van der Waals surface area contributed by atoms with Crippen LogP contribution in [0.3, 0.4) is 0 Å². The first-order valence-corrected chi connectivity index (χ1v) is 30.9. The van der Waals surface area contributed by atoms with E-state index in [0.29, 0.717) is 12.8 Å². The number of unbranched alkanes of at least 4 members (excludes halogenated alkanes) is 25. The Balaban J connectivity index is 2.73. The molecule has 6 N–H and O–H groups in total. The molecule has 0 aliphatic carbocycles. The minimum atomic E-state index is -1.63. The van der Waals surface area contributed by atoms with E-state index in [9.17, 15) is 35.1 Å². The second kappa shape index (κ2) is 52.5. The van der Waals surface area contributed by atoms with Crippen LogP contribution in [0, 0.1) is 0 Å². The Bertz CT molecular complexity index is 1560. The highest BCUT2D eigenvalue weighted by molar-refractivity contribution is 5.80. The van der Waals surface area contributed by atoms with Gasteiger partial charge in [-0.3, -0.25) is 9.59 Å². The molecule has 0 aromatic heterocycles. The standard InChI is InChI=1S/C65H113NO10/c1-4-7-10-13-16-19-22-25-27-28-29-30-31-32-34-37-40-43-46-49-52-58(69)64(73)66-56(57(68)51-48-45-42-39-36-33-24-21-18-15-12-9-6-3)55-74-65-63(62(72)61(71)59(54-67)75-65)76-60(70)53-50-47-44-41-38-35-26-23-20-17-14-11-8-5-2/h7,10,16,19,25,27,29-30,32,34-35,38,48,51,56-59,61-63,65,67-69,71-72H,4-6,8-9,11-15,17-18,20-24,26,28,31,33,36-37,39-47,49-50,52-55H2,1-3H3,(H,66,73)/b10-7-,19-16-,27-25-,30-29-,34-32-,38-35-,51-48+. The first kappa shape index (κ1) is 70.9. The monoisotopic (exact) mass is 1070 g/mol. The summed E-state index contributed by atoms with van der Waals surface area (Å²) in [5.74, 6) is -1.23. The molecule has 0 aromatic rings. The Morgan fingerprint density at radius 1 is 0.526 bits per heavy atom. The molecule has 0 radical (unpaired) electrons. The summed E-state index contributed by atoms with van der Waals surface area (Å²) in [7, 11) is 0. The Hall–Kier alpha value is -3.16. The van der Waals surface area contributed by atoms with Gasteiger partial charge in [0.1, 0.15) is 24.4 Å². The van der Waals surface area contributed by atoms with E-state index >= 15 is 0 Å². The molecule has 438 valence electrons. The lowest BCUT2D eigenvalue weighted by molar-refractivity contribution is -0.305. The van der Waals surface area contributed by atoms with E-state index in [0.717, 1.165) is 103 Å². The second-order valence-corrected chi connectivity index (χ2v) is 21.0. The number of hydrogen-bond acceptors (Lipinski definition) is 10. The van der Waals surface area contributed by atoms with Crippen molar-refractivity contribution in [2.24, 2.45) is 0 Å². The van der Waals surface area contributed by atoms with Crippen LogP contribution in [-0.2, 0) is 23.8 Å². The van der Waals surface area contributed by atoms with Crippen molar-refractivity contribution in [2.75, 3.05) is 13.2 Å². The van der Waals surface area contributed by atoms with Crippen molar-refractivity contribution in [2.45, 2.75) is 301 Å². The molecule has 11 nitrogen and oxygen atoms in total. The number of aliphatic hydroxyl groups excluding tert-OH is 5. The number of carbonyl (C=O) groups excluding carboxylic acids is 2. The molecule has 0 saturated carbocycles. The average molecular weight is 1070 g/mol. The molecule has 11 heteroatoms. The van der Waals surface area contributed by atoms with E-state index < -0.39 is 67.4 Å². The minimum Gasteiger partial charge on any atom is -0.454 e. The molecule has 1 heterocycles. The number of allylic oxidation sites excluding steroid dienone is 13. The maximum Gasteiger partial charge on any atom is 0.306 e. The summed E-state index contributed by atoms with van der Waals surface area (Å²) >= 11 is 0. The quantitative estimate of drug-likeness (QED) is 0.0195. The van der Waals surface area contributed by atoms with Gasteiger partial charge in [0.15, 0.2) is 12.4 Å². The summed E-state index contributed by atoms with van der Waals surface area (Å²) in [6.07, 6.45) is 57.6. The van der Waals surface area contributed by atoms with Crippen LogP contribution in [0.5, 0.6) is 0 Å². The van der Waals surface area contributed by atoms with Gasteiger partial charge >= 0.3 is 5.97 Å². The third-order valence-electron chi connectivity index (χ3n) is 14.0. The zero-order valence-corrected chi connectivity index (χ0v) is 48.3. The average Bonchev–Trinajstić information content (AvgIpc) is 3.42. The Labute approximate surface area is 463 Å². The number of rotatable bonds is 51. The molecule has 1 fully saturated rings. The third-order valence-corrected chi connectivity index (χ3v) is 14.0. The molecule has 8 atom stereocenters. The largest absolute Gasteiger partial charge is 0.454 e. The molecular formula is C65H113NO10. The number of hydrogen-bond donors (Lipinski definition) is 6. The normalized spacial score (nSPS) is 19.7. The van der Waals surface area contributed by atoms with E-state index in [2.05, 4.69) is 99.0 Å². The summed E-state index contributed by atoms with van der Waals surface area (Å²) in [5.41, 5.74) is 0. The topological polar surface area (TPSA) is 175 Å². The predicted molar refractivity (Wildman–Crippen MR) is 315 cm³/mol. The molecule has 1 aliphatic rings. The van der Waals surface area contributed by atoms with Crippen LogP contribution < -0.4 is 5.32 Å². The van der Waals surface area contributed by atoms with Crippen LogP contribution >= 0.6 is 0 Å². The smallest absolute Gasteiger partial charge is 0.306 e. The molecule has 1 saturated heterocycles. The Morgan fingerprint density at radius 2 is 0.947 bits per heavy atom. The Kier molecular flexibility index (Phi) is 49.0. The van der Waals surface area contributed by atoms with Gasteiger partial charge in [-0.2, -0.15) is 0 Å². The van der Waals surface area contributed by atoms with Crippen molar-refractivity contribution in [1.82, 2.24) is 5.32 Å². The molecule has 0 spiro atoms. The van der Waals surface area contributed by atoms with Crippen molar-refractivity contribution in [3.8, 4) is 0 Å². The maximum absolute atomic E-state index is 13.4. The van der Waals surface area contributed by atoms with Crippen molar-refractivity contribution in [1.29, 1.82) is 0 Å². The van der Waals surface area contributed by atoms with E-state index in [1.54, 1.807) is 6.08 Å². The van der Waals surface area contributed by atoms with Gasteiger partial charge in [0, 0.05) is 6.42 Å². The summed E-state index contributed by atoms with van der Waals surface area (Å²) in [6.45, 7) is 5.65. The van der Waals surface area contributed by atoms with Crippen LogP contribution in [0.2, 0.25) is 0 Å². The van der Waals surface area contributed by atoms with Crippen molar-refractivity contribution in [3.05, 3.63) is 85.1 Å². The fourth-order valence-electron chi connectivity index (χ4n) is 9.14. The van der Waals surface area contributed by atoms with E-state index in [1.807, 2.05) is 6.08 Å². The van der Waals surface area contributed by atoms with Crippen molar-refractivity contribution in [3.63, 3.8) is 0 Å². The number of carbonyl (C=O) groups is 2. The SMILES string of the molecule is CC/C=C\C/C=C\C/C=C\C/C=C\C/C=C\CCCCCCC(O)C(=O)NC(COC1OC(CO)C(O)C(O)C1OC(=O)CCCCC/C=C\CCCCCCCCC)C(O)/C=C/CCCCCCCCCCCCC. The van der Waals surface area contributed by atoms with Gasteiger partial charge in [-0.05, 0) is 96.3 Å². The van der Waals surface area contributed by atoms with Gasteiger partial charge in [0.05, 0.1) is 25.4 Å². The highest BCUT2D eigenvalue weighted by Crippen LogP contribution is 2.26. The van der Waals surface area contributed by atoms with E-state index in [4.69, 9.17) is 14.2 Å². The molecule has 8 unspecified atom stereocenters. The predicted octanol–water partition coefficient (Wildman–Crippen LogP) is 14.6. The first-order chi connectivity index (χ1) is 37.2. The van der Waals surface area contributed by atoms with Gasteiger partial charge < -0.3 is 45.1 Å². The summed E-state index contributed by atoms with van der Waals surface area (Å²) < 4.78 is 17.6. The van der Waals surface area contributed by atoms with E-state index in [-0.39, 0.29) is 19.4 Å². The van der Waals surface area contributed by atoms with Gasteiger partial charge in [-0.1, -0.05) is 234 Å². The zero-order chi connectivity index (χ0) is 55.4. The molecule has 0 bridgehead atoms. The first-order valence-electron chi connectivity index (χ1n) is 30.9. The van der Waals surface area contributed by atoms with Crippen LogP contribution in [0.25, 0.3) is 0 Å². The molecule has 1 aliphatic heterocycles. The lowest BCUT2D eigenvalue weighted by Crippen LogP contribution is -2.61. The van der Waals surface area contributed by atoms with Gasteiger partial charge in [-0.15, -0.1) is 0 Å². The molecule has 0 aromatic carbocycles. The highest BCUT2D eigenvalue weighted by Gasteiger charge is 2.47. The second-order valence-electron chi connectivity index (χ2n) is 21.0. The summed E-state index contributed by atoms with van der Waals surface area (Å²) in [5, 5.41) is 56.9. The summed E-state index contributed by atoms with van der Waals surface area (Å²) in [4.78, 5) is 26.5. The fourth-order valence-corrected chi connectivity index (χ4v) is 9.14. The number of esters is 1. The summed E-state index contributed by atoms with van der Waals surface area (Å²) in [6, 6.07) is -1.04. The number of aliphatic hydroxyl groups is 5. The van der Waals surface area contributed by atoms with Gasteiger partial charge in [0.2, 0.25) is 5.91 Å².